The van der Waals surface area contributed by atoms with Crippen molar-refractivity contribution in [2.45, 2.75) is 58.1 Å². The highest BCUT2D eigenvalue weighted by Crippen LogP contribution is 2.49. The molecule has 0 spiro atoms. The minimum atomic E-state index is -1.48. The maximum atomic E-state index is 13.9. The van der Waals surface area contributed by atoms with Gasteiger partial charge in [-0.25, -0.2) is 4.79 Å². The maximum absolute atomic E-state index is 13.9. The molecule has 2 aromatic rings. The number of fused-ring (bicyclic) bond motifs is 1. The summed E-state index contributed by atoms with van der Waals surface area (Å²) in [6, 6.07) is 14.6. The van der Waals surface area contributed by atoms with Gasteiger partial charge in [0.15, 0.2) is 5.78 Å². The lowest BCUT2D eigenvalue weighted by molar-refractivity contribution is -0.143. The number of Topliss-reactive ketones (excluding diaryl/α,β-unsaturated/α-hetero) is 1. The summed E-state index contributed by atoms with van der Waals surface area (Å²) in [5.41, 5.74) is 0.491. The van der Waals surface area contributed by atoms with Crippen LogP contribution < -0.4 is 5.32 Å². The number of nitrogens with one attached hydrogen (secondary N) is 1. The van der Waals surface area contributed by atoms with Crippen molar-refractivity contribution >= 4 is 17.8 Å². The number of hydrogen-bond acceptors (Lipinski definition) is 5. The highest BCUT2D eigenvalue weighted by atomic mass is 16.6. The first-order chi connectivity index (χ1) is 14.6. The van der Waals surface area contributed by atoms with Crippen LogP contribution >= 0.6 is 0 Å². The predicted octanol–water partition coefficient (Wildman–Crippen LogP) is 4.65. The molecule has 0 bridgehead atoms. The molecule has 0 radical (unpaired) electrons. The van der Waals surface area contributed by atoms with E-state index in [0.29, 0.717) is 16.7 Å². The Morgan fingerprint density at radius 2 is 1.77 bits per heavy atom. The lowest BCUT2D eigenvalue weighted by Gasteiger charge is -2.36. The molecule has 31 heavy (non-hydrogen) atoms. The molecule has 1 aliphatic rings. The van der Waals surface area contributed by atoms with Gasteiger partial charge in [-0.1, -0.05) is 48.0 Å². The first kappa shape index (κ1) is 22.5. The van der Waals surface area contributed by atoms with Crippen molar-refractivity contribution in [2.75, 3.05) is 6.61 Å². The Balaban J connectivity index is 2.19. The summed E-state index contributed by atoms with van der Waals surface area (Å²) < 4.78 is 10.7. The number of carbonyl (C=O) groups is 3. The number of hydrogen-bond donors (Lipinski definition) is 1. The van der Waals surface area contributed by atoms with Gasteiger partial charge in [0, 0.05) is 11.5 Å². The molecular formula is C25H29NO5. The highest BCUT2D eigenvalue weighted by molar-refractivity contribution is 6.11. The summed E-state index contributed by atoms with van der Waals surface area (Å²) in [7, 11) is 0. The van der Waals surface area contributed by atoms with Crippen molar-refractivity contribution in [1.29, 1.82) is 0 Å². The molecule has 1 N–H and O–H groups in total. The topological polar surface area (TPSA) is 81.7 Å². The number of benzene rings is 2. The molecule has 2 atom stereocenters. The van der Waals surface area contributed by atoms with Gasteiger partial charge in [-0.05, 0) is 51.8 Å². The van der Waals surface area contributed by atoms with Crippen molar-refractivity contribution in [3.63, 3.8) is 0 Å². The van der Waals surface area contributed by atoms with E-state index < -0.39 is 29.1 Å². The minimum absolute atomic E-state index is 0.0552. The van der Waals surface area contributed by atoms with Gasteiger partial charge in [0.1, 0.15) is 11.1 Å². The average molecular weight is 424 g/mol. The van der Waals surface area contributed by atoms with Crippen molar-refractivity contribution < 1.29 is 23.9 Å². The van der Waals surface area contributed by atoms with Gasteiger partial charge >= 0.3 is 12.1 Å². The molecule has 2 aromatic carbocycles. The van der Waals surface area contributed by atoms with Gasteiger partial charge < -0.3 is 14.8 Å². The zero-order chi connectivity index (χ0) is 22.8. The number of amides is 1. The third-order valence-corrected chi connectivity index (χ3v) is 5.31. The Morgan fingerprint density at radius 3 is 2.39 bits per heavy atom. The Bertz CT molecular complexity index is 993. The Morgan fingerprint density at radius 1 is 1.10 bits per heavy atom. The molecule has 1 aliphatic carbocycles. The number of alkyl carbamates (subject to hydrolysis) is 1. The quantitative estimate of drug-likeness (QED) is 0.708. The van der Waals surface area contributed by atoms with Crippen molar-refractivity contribution in [3.8, 4) is 0 Å². The lowest BCUT2D eigenvalue weighted by Crippen LogP contribution is -2.54. The number of carbonyl (C=O) groups excluding carboxylic acids is 3. The fourth-order valence-corrected chi connectivity index (χ4v) is 4.14. The highest BCUT2D eigenvalue weighted by Gasteiger charge is 2.56. The van der Waals surface area contributed by atoms with Crippen LogP contribution in [-0.2, 0) is 19.8 Å². The van der Waals surface area contributed by atoms with Crippen LogP contribution in [0.15, 0.2) is 48.5 Å². The van der Waals surface area contributed by atoms with E-state index in [0.717, 1.165) is 5.56 Å². The van der Waals surface area contributed by atoms with Crippen LogP contribution in [0.5, 0.6) is 0 Å². The second-order valence-corrected chi connectivity index (χ2v) is 8.78. The third kappa shape index (κ3) is 4.48. The fraction of sp³-hybridized carbons (Fsp3) is 0.400. The van der Waals surface area contributed by atoms with Crippen molar-refractivity contribution in [3.05, 3.63) is 70.8 Å². The van der Waals surface area contributed by atoms with Crippen LogP contribution in [0.1, 0.15) is 67.1 Å². The molecule has 3 rings (SSSR count). The number of ketones is 1. The van der Waals surface area contributed by atoms with E-state index in [1.54, 1.807) is 58.0 Å². The van der Waals surface area contributed by atoms with E-state index in [1.165, 1.54) is 0 Å². The summed E-state index contributed by atoms with van der Waals surface area (Å²) in [4.78, 5) is 39.4. The molecule has 0 aromatic heterocycles. The molecule has 0 unspecified atom stereocenters. The van der Waals surface area contributed by atoms with Crippen LogP contribution in [0.25, 0.3) is 0 Å². The van der Waals surface area contributed by atoms with E-state index in [-0.39, 0.29) is 18.8 Å². The van der Waals surface area contributed by atoms with E-state index in [9.17, 15) is 14.4 Å². The zero-order valence-electron chi connectivity index (χ0n) is 18.7. The van der Waals surface area contributed by atoms with Crippen LogP contribution in [0.3, 0.4) is 0 Å². The van der Waals surface area contributed by atoms with Gasteiger partial charge in [0.25, 0.3) is 0 Å². The number of ether oxygens (including phenoxy) is 2. The first-order valence-corrected chi connectivity index (χ1v) is 10.5. The number of aryl methyl sites for hydroxylation is 1. The van der Waals surface area contributed by atoms with Crippen LogP contribution in [0.4, 0.5) is 4.79 Å². The zero-order valence-corrected chi connectivity index (χ0v) is 18.7. The maximum Gasteiger partial charge on any atom is 0.408 e. The molecule has 0 saturated carbocycles. The predicted molar refractivity (Wildman–Crippen MR) is 117 cm³/mol. The van der Waals surface area contributed by atoms with Crippen molar-refractivity contribution in [1.82, 2.24) is 5.32 Å². The normalized spacial score (nSPS) is 20.2. The summed E-state index contributed by atoms with van der Waals surface area (Å²) in [6.07, 6.45) is -0.775. The molecule has 0 saturated heterocycles. The van der Waals surface area contributed by atoms with Gasteiger partial charge in [-0.15, -0.1) is 0 Å². The molecular weight excluding hydrogens is 394 g/mol. The van der Waals surface area contributed by atoms with Crippen LogP contribution in [0.2, 0.25) is 0 Å². The Labute approximate surface area is 182 Å². The minimum Gasteiger partial charge on any atom is -0.466 e. The summed E-state index contributed by atoms with van der Waals surface area (Å²) in [5.74, 6) is -1.33. The van der Waals surface area contributed by atoms with Gasteiger partial charge in [0.2, 0.25) is 0 Å². The second kappa shape index (κ2) is 8.53. The third-order valence-electron chi connectivity index (χ3n) is 5.31. The standard InChI is InChI=1S/C25H29NO5/c1-6-30-21(27)15-20-18-13-12-16(2)14-19(18)22(28)25(20,17-10-8-7-9-11-17)26-23(29)31-24(3,4)5/h7-14,20H,6,15H2,1-5H3,(H,26,29)/t20-,25-/m1/s1. The SMILES string of the molecule is CCOC(=O)C[C@@H]1c2ccc(C)cc2C(=O)[C@@]1(NC(=O)OC(C)(C)C)c1ccccc1. The van der Waals surface area contributed by atoms with E-state index in [2.05, 4.69) is 5.32 Å². The average Bonchev–Trinajstić information content (AvgIpc) is 2.90. The summed E-state index contributed by atoms with van der Waals surface area (Å²) in [5, 5.41) is 2.86. The first-order valence-electron chi connectivity index (χ1n) is 10.5. The molecule has 6 heteroatoms. The Hall–Kier alpha value is -3.15. The van der Waals surface area contributed by atoms with Crippen LogP contribution in [-0.4, -0.2) is 30.1 Å². The van der Waals surface area contributed by atoms with E-state index in [1.807, 2.05) is 25.1 Å². The largest absolute Gasteiger partial charge is 0.466 e. The van der Waals surface area contributed by atoms with Gasteiger partial charge in [-0.2, -0.15) is 0 Å². The lowest BCUT2D eigenvalue weighted by atomic mass is 9.76. The second-order valence-electron chi connectivity index (χ2n) is 8.78. The van der Waals surface area contributed by atoms with E-state index >= 15 is 0 Å². The Kier molecular flexibility index (Phi) is 6.20. The molecule has 1 amide bonds. The number of rotatable bonds is 5. The number of esters is 1. The summed E-state index contributed by atoms with van der Waals surface area (Å²) >= 11 is 0. The fourth-order valence-electron chi connectivity index (χ4n) is 4.14. The molecule has 0 fully saturated rings. The van der Waals surface area contributed by atoms with Gasteiger partial charge in [-0.3, -0.25) is 9.59 Å². The molecule has 0 aliphatic heterocycles. The van der Waals surface area contributed by atoms with Crippen LogP contribution in [0, 0.1) is 6.92 Å². The van der Waals surface area contributed by atoms with E-state index in [4.69, 9.17) is 9.47 Å². The molecule has 164 valence electrons. The van der Waals surface area contributed by atoms with Crippen molar-refractivity contribution in [2.24, 2.45) is 0 Å². The summed E-state index contributed by atoms with van der Waals surface area (Å²) in [6.45, 7) is 9.14. The smallest absolute Gasteiger partial charge is 0.408 e. The van der Waals surface area contributed by atoms with Gasteiger partial charge in [0.05, 0.1) is 13.0 Å². The molecule has 6 nitrogen and oxygen atoms in total. The monoisotopic (exact) mass is 423 g/mol. The molecule has 0 heterocycles.